The van der Waals surface area contributed by atoms with Gasteiger partial charge in [0.1, 0.15) is 11.5 Å². The summed E-state index contributed by atoms with van der Waals surface area (Å²) in [6.07, 6.45) is 1.08. The second-order valence-electron chi connectivity index (χ2n) is 15.2. The summed E-state index contributed by atoms with van der Waals surface area (Å²) in [6.45, 7) is 4.22. The highest BCUT2D eigenvalue weighted by Crippen LogP contribution is 2.39. The van der Waals surface area contributed by atoms with Crippen LogP contribution in [0.1, 0.15) is 52.8 Å². The summed E-state index contributed by atoms with van der Waals surface area (Å²) in [7, 11) is 0. The molecule has 3 aliphatic rings. The van der Waals surface area contributed by atoms with Crippen molar-refractivity contribution in [3.63, 3.8) is 0 Å². The number of nitrogens with one attached hydrogen (secondary N) is 2. The van der Waals surface area contributed by atoms with Crippen molar-refractivity contribution in [2.24, 2.45) is 5.92 Å². The molecule has 57 heavy (non-hydrogen) atoms. The highest BCUT2D eigenvalue weighted by molar-refractivity contribution is 5.87. The van der Waals surface area contributed by atoms with E-state index in [-0.39, 0.29) is 17.4 Å². The maximum Gasteiger partial charge on any atom is 0.408 e. The number of benzene rings is 5. The predicted molar refractivity (Wildman–Crippen MR) is 222 cm³/mol. The predicted octanol–water partition coefficient (Wildman–Crippen LogP) is 7.51. The minimum absolute atomic E-state index is 0.0344. The molecule has 5 aromatic carbocycles. The molecule has 6 aromatic rings. The van der Waals surface area contributed by atoms with Crippen LogP contribution in [-0.2, 0) is 13.0 Å². The van der Waals surface area contributed by atoms with Gasteiger partial charge in [-0.1, -0.05) is 97.1 Å². The van der Waals surface area contributed by atoms with Crippen molar-refractivity contribution in [3.05, 3.63) is 166 Å². The average molecular weight is 765 g/mol. The fourth-order valence-corrected chi connectivity index (χ4v) is 8.59. The Kier molecular flexibility index (Phi) is 11.4. The van der Waals surface area contributed by atoms with Crippen molar-refractivity contribution in [2.45, 2.75) is 44.0 Å². The number of aromatic hydroxyl groups is 1. The van der Waals surface area contributed by atoms with Crippen LogP contribution < -0.4 is 15.6 Å². The fourth-order valence-electron chi connectivity index (χ4n) is 8.59. The molecule has 10 heteroatoms. The van der Waals surface area contributed by atoms with E-state index in [2.05, 4.69) is 63.7 Å². The van der Waals surface area contributed by atoms with Crippen LogP contribution in [-0.4, -0.2) is 75.0 Å². The van der Waals surface area contributed by atoms with Gasteiger partial charge in [-0.25, -0.2) is 4.79 Å². The number of aliphatic hydroxyl groups is 1. The summed E-state index contributed by atoms with van der Waals surface area (Å²) in [6, 6.07) is 40.3. The summed E-state index contributed by atoms with van der Waals surface area (Å²) >= 11 is 0. The zero-order valence-electron chi connectivity index (χ0n) is 31.8. The molecule has 3 saturated heterocycles. The van der Waals surface area contributed by atoms with Gasteiger partial charge in [-0.15, -0.1) is 0 Å². The molecule has 1 amide bonds. The number of carboxylic acid groups (broad SMARTS) is 1. The van der Waals surface area contributed by atoms with Crippen molar-refractivity contribution in [3.8, 4) is 22.6 Å². The Hall–Kier alpha value is -5.94. The molecule has 0 radical (unpaired) electrons. The zero-order chi connectivity index (χ0) is 39.3. The Bertz CT molecular complexity index is 2360. The summed E-state index contributed by atoms with van der Waals surface area (Å²) in [5.74, 6) is 1.06. The normalized spacial score (nSPS) is 18.6. The van der Waals surface area contributed by atoms with Gasteiger partial charge in [0, 0.05) is 37.5 Å². The number of ether oxygens (including phenoxy) is 1. The van der Waals surface area contributed by atoms with Crippen molar-refractivity contribution in [2.75, 3.05) is 32.8 Å². The molecular formula is C47H48N4O6. The lowest BCUT2D eigenvalue weighted by Crippen LogP contribution is -2.59. The van der Waals surface area contributed by atoms with E-state index in [1.807, 2.05) is 54.6 Å². The molecule has 3 fully saturated rings. The van der Waals surface area contributed by atoms with Gasteiger partial charge in [-0.2, -0.15) is 0 Å². The molecule has 1 aromatic heterocycles. The number of pyridine rings is 1. The van der Waals surface area contributed by atoms with Gasteiger partial charge in [0.2, 0.25) is 5.56 Å². The molecule has 0 saturated carbocycles. The largest absolute Gasteiger partial charge is 0.506 e. The Morgan fingerprint density at radius 1 is 0.842 bits per heavy atom. The van der Waals surface area contributed by atoms with Crippen LogP contribution in [0.15, 0.2) is 132 Å². The monoisotopic (exact) mass is 764 g/mol. The van der Waals surface area contributed by atoms with E-state index >= 15 is 0 Å². The van der Waals surface area contributed by atoms with E-state index in [9.17, 15) is 24.9 Å². The van der Waals surface area contributed by atoms with Gasteiger partial charge in [0.15, 0.2) is 0 Å². The maximum atomic E-state index is 13.0. The number of aromatic amines is 1. The number of rotatable bonds is 14. The quantitative estimate of drug-likeness (QED) is 0.0769. The smallest absolute Gasteiger partial charge is 0.408 e. The molecule has 0 spiro atoms. The second-order valence-corrected chi connectivity index (χ2v) is 15.2. The van der Waals surface area contributed by atoms with Gasteiger partial charge >= 0.3 is 6.09 Å². The number of amides is 1. The number of carbonyl (C=O) groups is 1. The van der Waals surface area contributed by atoms with Crippen LogP contribution >= 0.6 is 0 Å². The van der Waals surface area contributed by atoms with E-state index < -0.39 is 18.2 Å². The van der Waals surface area contributed by atoms with Gasteiger partial charge < -0.3 is 35.3 Å². The standard InChI is InChI=1S/C47H48N4O6/c52-42-19-17-39(40-18-20-44(54)49-45(40)42)43(53)29-48-28-32-11-15-34(16-12-32)33-13-9-31(10-14-33)23-26-57-38-8-4-7-37(27-38)46(36-5-2-1-3-6-36)51(47(55)56)41-30-50-24-21-35(41)22-25-50/h1-20,27,35,41,43,46,48,52-53H,21-26,28-30H2,(H,49,54)(H,55,56)/t41-,43-,46?/m0/s1. The number of aromatic nitrogens is 1. The molecule has 3 atom stereocenters. The lowest BCUT2D eigenvalue weighted by molar-refractivity contribution is -0.000811. The number of H-pyrrole nitrogens is 1. The third-order valence-electron chi connectivity index (χ3n) is 11.6. The van der Waals surface area contributed by atoms with E-state index in [1.165, 1.54) is 12.1 Å². The number of hydrogen-bond donors (Lipinski definition) is 5. The SMILES string of the molecule is O=C(O)N(C(c1ccccc1)c1cccc(OCCc2ccc(-c3ccc(CNC[C@H](O)c4ccc(O)c5[nH]c(=O)ccc45)cc3)cc2)c1)[C@H]1CN2CCC1CC2. The minimum Gasteiger partial charge on any atom is -0.506 e. The maximum absolute atomic E-state index is 13.0. The van der Waals surface area contributed by atoms with Crippen LogP contribution in [0.4, 0.5) is 4.79 Å². The van der Waals surface area contributed by atoms with Crippen LogP contribution in [0.3, 0.4) is 0 Å². The number of fused-ring (bicyclic) bond motifs is 4. The van der Waals surface area contributed by atoms with Crippen LogP contribution in [0.2, 0.25) is 0 Å². The topological polar surface area (TPSA) is 138 Å². The molecule has 0 aliphatic carbocycles. The Morgan fingerprint density at radius 3 is 2.23 bits per heavy atom. The van der Waals surface area contributed by atoms with E-state index in [0.717, 1.165) is 78.0 Å². The van der Waals surface area contributed by atoms with E-state index in [4.69, 9.17) is 4.74 Å². The second kappa shape index (κ2) is 17.1. The summed E-state index contributed by atoms with van der Waals surface area (Å²) < 4.78 is 6.28. The lowest BCUT2D eigenvalue weighted by atomic mass is 9.81. The molecule has 5 N–H and O–H groups in total. The highest BCUT2D eigenvalue weighted by Gasteiger charge is 2.43. The van der Waals surface area contributed by atoms with Gasteiger partial charge in [0.25, 0.3) is 0 Å². The molecule has 3 aliphatic heterocycles. The number of piperidine rings is 3. The molecule has 1 unspecified atom stereocenters. The van der Waals surface area contributed by atoms with Crippen LogP contribution in [0, 0.1) is 5.92 Å². The van der Waals surface area contributed by atoms with Crippen LogP contribution in [0.25, 0.3) is 22.0 Å². The number of phenolic OH excluding ortho intramolecular Hbond substituents is 1. The minimum atomic E-state index is -0.889. The lowest BCUT2D eigenvalue weighted by Gasteiger charge is -2.50. The first-order valence-electron chi connectivity index (χ1n) is 19.7. The van der Waals surface area contributed by atoms with Crippen molar-refractivity contribution in [1.29, 1.82) is 0 Å². The number of nitrogens with zero attached hydrogens (tertiary/aromatic N) is 2. The van der Waals surface area contributed by atoms with Gasteiger partial charge in [-0.05, 0) is 95.1 Å². The number of phenols is 1. The van der Waals surface area contributed by atoms with Crippen molar-refractivity contribution in [1.82, 2.24) is 20.1 Å². The fraction of sp³-hybridized carbons (Fsp3) is 0.277. The molecule has 10 nitrogen and oxygen atoms in total. The molecule has 9 rings (SSSR count). The first kappa shape index (κ1) is 38.0. The third-order valence-corrected chi connectivity index (χ3v) is 11.6. The molecule has 4 heterocycles. The van der Waals surface area contributed by atoms with Crippen LogP contribution in [0.5, 0.6) is 11.5 Å². The summed E-state index contributed by atoms with van der Waals surface area (Å²) in [4.78, 5) is 31.5. The zero-order valence-corrected chi connectivity index (χ0v) is 31.8. The summed E-state index contributed by atoms with van der Waals surface area (Å²) in [5, 5.41) is 35.6. The third kappa shape index (κ3) is 8.58. The Balaban J connectivity index is 0.862. The Morgan fingerprint density at radius 2 is 1.54 bits per heavy atom. The summed E-state index contributed by atoms with van der Waals surface area (Å²) in [5.41, 5.74) is 6.93. The average Bonchev–Trinajstić information content (AvgIpc) is 3.24. The highest BCUT2D eigenvalue weighted by atomic mass is 16.5. The molecule has 292 valence electrons. The Labute approximate surface area is 332 Å². The van der Waals surface area contributed by atoms with Crippen molar-refractivity contribution >= 4 is 17.0 Å². The van der Waals surface area contributed by atoms with Crippen molar-refractivity contribution < 1.29 is 24.9 Å². The first-order chi connectivity index (χ1) is 27.8. The van der Waals surface area contributed by atoms with E-state index in [1.54, 1.807) is 17.0 Å². The van der Waals surface area contributed by atoms with Gasteiger partial charge in [0.05, 0.1) is 30.3 Å². The first-order valence-corrected chi connectivity index (χ1v) is 19.7. The van der Waals surface area contributed by atoms with E-state index in [0.29, 0.717) is 42.1 Å². The molecule has 2 bridgehead atoms. The number of aliphatic hydroxyl groups excluding tert-OH is 1. The molecular weight excluding hydrogens is 717 g/mol. The number of hydrogen-bond acceptors (Lipinski definition) is 7. The van der Waals surface area contributed by atoms with Gasteiger partial charge in [-0.3, -0.25) is 9.69 Å².